The highest BCUT2D eigenvalue weighted by Gasteiger charge is 2.15. The minimum absolute atomic E-state index is 0. The van der Waals surface area contributed by atoms with Crippen molar-refractivity contribution < 1.29 is 18.3 Å². The number of hydrogen-bond acceptors (Lipinski definition) is 3. The summed E-state index contributed by atoms with van der Waals surface area (Å²) in [5.74, 6) is 1.36. The second-order valence-corrected chi connectivity index (χ2v) is 7.02. The van der Waals surface area contributed by atoms with Gasteiger partial charge in [-0.2, -0.15) is 0 Å². The molecule has 2 N–H and O–H groups in total. The molecule has 0 radical (unpaired) electrons. The number of rotatable bonds is 10. The van der Waals surface area contributed by atoms with Gasteiger partial charge in [-0.05, 0) is 43.9 Å². The smallest absolute Gasteiger partial charge is 0.272 e. The van der Waals surface area contributed by atoms with Crippen molar-refractivity contribution >= 4 is 35.8 Å². The molecule has 1 aromatic rings. The van der Waals surface area contributed by atoms with Gasteiger partial charge in [-0.25, -0.2) is 13.8 Å². The molecule has 30 heavy (non-hydrogen) atoms. The van der Waals surface area contributed by atoms with Crippen LogP contribution in [-0.4, -0.2) is 56.0 Å². The van der Waals surface area contributed by atoms with Crippen molar-refractivity contribution in [2.75, 3.05) is 32.8 Å². The Labute approximate surface area is 194 Å². The van der Waals surface area contributed by atoms with Crippen LogP contribution in [0.2, 0.25) is 0 Å². The SMILES string of the molecule is CCNC(=NCc1cccc(OCC(F)F)c1)NCCCN1CCCCCC1=O.I. The molecule has 1 aliphatic heterocycles. The van der Waals surface area contributed by atoms with Crippen LogP contribution in [0.15, 0.2) is 29.3 Å². The fourth-order valence-corrected chi connectivity index (χ4v) is 3.16. The first-order valence-electron chi connectivity index (χ1n) is 10.4. The monoisotopic (exact) mass is 538 g/mol. The van der Waals surface area contributed by atoms with Crippen LogP contribution in [0.3, 0.4) is 0 Å². The molecule has 0 saturated carbocycles. The number of alkyl halides is 2. The standard InChI is InChI=1S/C21H32F2N4O2.HI/c1-2-24-21(25-11-7-13-27-12-5-3-4-10-20(27)28)26-15-17-8-6-9-18(14-17)29-16-19(22)23;/h6,8-9,14,19H,2-5,7,10-13,15-16H2,1H3,(H2,24,25,26);1H. The van der Waals surface area contributed by atoms with Crippen molar-refractivity contribution in [2.24, 2.45) is 4.99 Å². The summed E-state index contributed by atoms with van der Waals surface area (Å²) in [7, 11) is 0. The maximum absolute atomic E-state index is 12.3. The molecule has 0 aromatic heterocycles. The maximum Gasteiger partial charge on any atom is 0.272 e. The van der Waals surface area contributed by atoms with Gasteiger partial charge in [0.15, 0.2) is 5.96 Å². The van der Waals surface area contributed by atoms with Gasteiger partial charge >= 0.3 is 0 Å². The third-order valence-electron chi connectivity index (χ3n) is 4.61. The van der Waals surface area contributed by atoms with Gasteiger partial charge in [0.05, 0.1) is 6.54 Å². The van der Waals surface area contributed by atoms with E-state index in [1.54, 1.807) is 18.2 Å². The molecule has 2 rings (SSSR count). The van der Waals surface area contributed by atoms with Crippen molar-refractivity contribution in [1.82, 2.24) is 15.5 Å². The number of halogens is 3. The van der Waals surface area contributed by atoms with Gasteiger partial charge in [0.1, 0.15) is 12.4 Å². The van der Waals surface area contributed by atoms with Crippen molar-refractivity contribution in [2.45, 2.75) is 52.0 Å². The third-order valence-corrected chi connectivity index (χ3v) is 4.61. The Kier molecular flexibility index (Phi) is 13.4. The molecule has 0 unspecified atom stereocenters. The first-order valence-corrected chi connectivity index (χ1v) is 10.4. The topological polar surface area (TPSA) is 66.0 Å². The summed E-state index contributed by atoms with van der Waals surface area (Å²) in [4.78, 5) is 18.5. The molecule has 1 aliphatic rings. The highest BCUT2D eigenvalue weighted by molar-refractivity contribution is 14.0. The summed E-state index contributed by atoms with van der Waals surface area (Å²) in [6.45, 7) is 4.85. The number of guanidine groups is 1. The summed E-state index contributed by atoms with van der Waals surface area (Å²) >= 11 is 0. The molecule has 6 nitrogen and oxygen atoms in total. The van der Waals surface area contributed by atoms with E-state index in [-0.39, 0.29) is 29.9 Å². The Morgan fingerprint density at radius 1 is 1.27 bits per heavy atom. The zero-order chi connectivity index (χ0) is 20.9. The lowest BCUT2D eigenvalue weighted by atomic mass is 10.2. The number of hydrogen-bond donors (Lipinski definition) is 2. The highest BCUT2D eigenvalue weighted by atomic mass is 127. The molecule has 1 fully saturated rings. The number of amides is 1. The van der Waals surface area contributed by atoms with Gasteiger partial charge < -0.3 is 20.3 Å². The first-order chi connectivity index (χ1) is 14.1. The van der Waals surface area contributed by atoms with Crippen LogP contribution in [0.4, 0.5) is 8.78 Å². The average Bonchev–Trinajstić information content (AvgIpc) is 2.92. The summed E-state index contributed by atoms with van der Waals surface area (Å²) in [6, 6.07) is 7.03. The fraction of sp³-hybridized carbons (Fsp3) is 0.619. The van der Waals surface area contributed by atoms with E-state index in [9.17, 15) is 13.6 Å². The normalized spacial score (nSPS) is 14.9. The van der Waals surface area contributed by atoms with Crippen molar-refractivity contribution in [3.8, 4) is 5.75 Å². The number of likely N-dealkylation sites (tertiary alicyclic amines) is 1. The molecule has 0 bridgehead atoms. The molecule has 0 aliphatic carbocycles. The van der Waals surface area contributed by atoms with E-state index >= 15 is 0 Å². The highest BCUT2D eigenvalue weighted by Crippen LogP contribution is 2.15. The number of nitrogens with zero attached hydrogens (tertiary/aromatic N) is 2. The molecule has 1 amide bonds. The number of carbonyl (C=O) groups is 1. The molecule has 0 spiro atoms. The van der Waals surface area contributed by atoms with Crippen molar-refractivity contribution in [1.29, 1.82) is 0 Å². The molecule has 0 atom stereocenters. The van der Waals surface area contributed by atoms with Crippen LogP contribution in [0.5, 0.6) is 5.75 Å². The number of aliphatic imine (C=N–C) groups is 1. The van der Waals surface area contributed by atoms with Gasteiger partial charge in [-0.15, -0.1) is 24.0 Å². The molecular formula is C21H33F2IN4O2. The van der Waals surface area contributed by atoms with E-state index < -0.39 is 13.0 Å². The summed E-state index contributed by atoms with van der Waals surface area (Å²) < 4.78 is 29.6. The molecule has 1 saturated heterocycles. The predicted molar refractivity (Wildman–Crippen MR) is 126 cm³/mol. The number of benzene rings is 1. The Morgan fingerprint density at radius 2 is 2.10 bits per heavy atom. The summed E-state index contributed by atoms with van der Waals surface area (Å²) in [6.07, 6.45) is 2.24. The average molecular weight is 538 g/mol. The zero-order valence-electron chi connectivity index (χ0n) is 17.5. The zero-order valence-corrected chi connectivity index (χ0v) is 19.9. The van der Waals surface area contributed by atoms with Gasteiger partial charge in [0.2, 0.25) is 5.91 Å². The Morgan fingerprint density at radius 3 is 2.87 bits per heavy atom. The quantitative estimate of drug-likeness (QED) is 0.206. The van der Waals surface area contributed by atoms with E-state index in [0.717, 1.165) is 50.9 Å². The lowest BCUT2D eigenvalue weighted by molar-refractivity contribution is -0.130. The second-order valence-electron chi connectivity index (χ2n) is 7.02. The Balaban J connectivity index is 0.00000450. The van der Waals surface area contributed by atoms with Crippen LogP contribution >= 0.6 is 24.0 Å². The first kappa shape index (κ1) is 26.4. The number of ether oxygens (including phenoxy) is 1. The maximum atomic E-state index is 12.3. The lowest BCUT2D eigenvalue weighted by Gasteiger charge is -2.20. The number of carbonyl (C=O) groups excluding carboxylic acids is 1. The van der Waals surface area contributed by atoms with Gasteiger partial charge in [-0.1, -0.05) is 18.6 Å². The third kappa shape index (κ3) is 10.4. The van der Waals surface area contributed by atoms with Crippen LogP contribution in [-0.2, 0) is 11.3 Å². The molecule has 1 heterocycles. The summed E-state index contributed by atoms with van der Waals surface area (Å²) in [5, 5.41) is 6.48. The lowest BCUT2D eigenvalue weighted by Crippen LogP contribution is -2.39. The van der Waals surface area contributed by atoms with Gasteiger partial charge in [0, 0.05) is 32.6 Å². The second kappa shape index (κ2) is 15.2. The minimum atomic E-state index is -2.49. The number of nitrogens with one attached hydrogen (secondary N) is 2. The van der Waals surface area contributed by atoms with Gasteiger partial charge in [-0.3, -0.25) is 4.79 Å². The Hall–Kier alpha value is -1.65. The molecule has 170 valence electrons. The van der Waals surface area contributed by atoms with Crippen LogP contribution in [0, 0.1) is 0 Å². The summed E-state index contributed by atoms with van der Waals surface area (Å²) in [5.41, 5.74) is 0.879. The predicted octanol–water partition coefficient (Wildman–Crippen LogP) is 3.80. The van der Waals surface area contributed by atoms with Crippen molar-refractivity contribution in [3.63, 3.8) is 0 Å². The largest absolute Gasteiger partial charge is 0.488 e. The van der Waals surface area contributed by atoms with Crippen LogP contribution in [0.25, 0.3) is 0 Å². The van der Waals surface area contributed by atoms with E-state index in [2.05, 4.69) is 15.6 Å². The van der Waals surface area contributed by atoms with Crippen molar-refractivity contribution in [3.05, 3.63) is 29.8 Å². The minimum Gasteiger partial charge on any atom is -0.488 e. The fourth-order valence-electron chi connectivity index (χ4n) is 3.16. The van der Waals surface area contributed by atoms with E-state index in [1.165, 1.54) is 0 Å². The van der Waals surface area contributed by atoms with E-state index in [1.807, 2.05) is 17.9 Å². The van der Waals surface area contributed by atoms with E-state index in [4.69, 9.17) is 4.74 Å². The molecular weight excluding hydrogens is 505 g/mol. The van der Waals surface area contributed by atoms with E-state index in [0.29, 0.717) is 31.2 Å². The van der Waals surface area contributed by atoms with Crippen LogP contribution < -0.4 is 15.4 Å². The molecule has 1 aromatic carbocycles. The molecule has 9 heteroatoms. The van der Waals surface area contributed by atoms with Gasteiger partial charge in [0.25, 0.3) is 6.43 Å². The van der Waals surface area contributed by atoms with Crippen LogP contribution in [0.1, 0.15) is 44.6 Å². The Bertz CT molecular complexity index is 662.